The average Bonchev–Trinajstić information content (AvgIpc) is 3.24. The van der Waals surface area contributed by atoms with E-state index in [2.05, 4.69) is 16.0 Å². The Bertz CT molecular complexity index is 1110. The quantitative estimate of drug-likeness (QED) is 0.490. The maximum Gasteiger partial charge on any atom is 0.410 e. The zero-order valence-electron chi connectivity index (χ0n) is 20.4. The van der Waals surface area contributed by atoms with Crippen LogP contribution in [0.25, 0.3) is 0 Å². The summed E-state index contributed by atoms with van der Waals surface area (Å²) in [5, 5.41) is 10.1. The molecule has 0 saturated carbocycles. The lowest BCUT2D eigenvalue weighted by Crippen LogP contribution is -2.48. The molecule has 2 saturated heterocycles. The number of carbonyl (C=O) groups excluding carboxylic acids is 1. The van der Waals surface area contributed by atoms with Gasteiger partial charge in [0.2, 0.25) is 5.88 Å². The molecule has 0 radical (unpaired) electrons. The molecule has 186 valence electrons. The molecule has 0 spiro atoms. The Kier molecular flexibility index (Phi) is 7.98. The second kappa shape index (κ2) is 11.1. The molecule has 2 aliphatic rings. The van der Waals surface area contributed by atoms with E-state index in [1.165, 1.54) is 0 Å². The first-order valence-corrected chi connectivity index (χ1v) is 12.3. The van der Waals surface area contributed by atoms with Gasteiger partial charge in [0.1, 0.15) is 18.1 Å². The van der Waals surface area contributed by atoms with E-state index >= 15 is 0 Å². The lowest BCUT2D eigenvalue weighted by Gasteiger charge is -2.38. The number of ether oxygens (including phenoxy) is 2. The number of cyclic esters (lactones) is 1. The summed E-state index contributed by atoms with van der Waals surface area (Å²) in [7, 11) is 0. The Labute approximate surface area is 211 Å². The van der Waals surface area contributed by atoms with Crippen molar-refractivity contribution in [2.24, 2.45) is 0 Å². The largest absolute Gasteiger partial charge is 0.508 e. The van der Waals surface area contributed by atoms with Gasteiger partial charge in [-0.05, 0) is 75.1 Å². The highest BCUT2D eigenvalue weighted by molar-refractivity contribution is 6.31. The SMILES string of the molecule is C/C=C(Cl)\C=C(/C)C1COC(=O)N1C1CCN(Cc2ccc(Oc3ccc(O)cc3)nc2C)CC1. The van der Waals surface area contributed by atoms with E-state index < -0.39 is 0 Å². The molecule has 3 heterocycles. The predicted octanol–water partition coefficient (Wildman–Crippen LogP) is 5.76. The van der Waals surface area contributed by atoms with Crippen LogP contribution in [-0.2, 0) is 11.3 Å². The first kappa shape index (κ1) is 25.1. The number of amides is 1. The second-order valence-corrected chi connectivity index (χ2v) is 9.50. The van der Waals surface area contributed by atoms with Crippen LogP contribution in [0.3, 0.4) is 0 Å². The molecule has 1 aromatic carbocycles. The van der Waals surface area contributed by atoms with E-state index in [1.807, 2.05) is 43.9 Å². The molecule has 1 N–H and O–H groups in total. The Morgan fingerprint density at radius 2 is 1.94 bits per heavy atom. The van der Waals surface area contributed by atoms with Gasteiger partial charge in [-0.3, -0.25) is 9.80 Å². The van der Waals surface area contributed by atoms with Crippen LogP contribution in [0.1, 0.15) is 37.9 Å². The molecule has 1 atom stereocenters. The Balaban J connectivity index is 1.34. The van der Waals surface area contributed by atoms with Crippen LogP contribution >= 0.6 is 11.6 Å². The Morgan fingerprint density at radius 3 is 2.60 bits per heavy atom. The van der Waals surface area contributed by atoms with Crippen LogP contribution in [0.4, 0.5) is 4.79 Å². The standard InChI is InChI=1S/C27H32ClN3O4/c1-4-21(28)15-18(2)25-17-34-27(33)31(25)22-11-13-30(14-12-22)16-20-5-10-26(29-19(20)3)35-24-8-6-23(32)7-9-24/h4-10,15,22,25,32H,11-14,16-17H2,1-3H3/b18-15+,21-4+. The number of phenols is 1. The summed E-state index contributed by atoms with van der Waals surface area (Å²) in [4.78, 5) is 21.4. The van der Waals surface area contributed by atoms with Crippen LogP contribution in [0.15, 0.2) is 59.2 Å². The number of benzene rings is 1. The summed E-state index contributed by atoms with van der Waals surface area (Å²) in [6.07, 6.45) is 5.31. The highest BCUT2D eigenvalue weighted by Crippen LogP contribution is 2.29. The molecular formula is C27H32ClN3O4. The topological polar surface area (TPSA) is 75.1 Å². The van der Waals surface area contributed by atoms with Gasteiger partial charge in [-0.2, -0.15) is 0 Å². The highest BCUT2D eigenvalue weighted by Gasteiger charge is 2.40. The molecule has 2 aromatic rings. The summed E-state index contributed by atoms with van der Waals surface area (Å²) < 4.78 is 11.2. The van der Waals surface area contributed by atoms with Crippen molar-refractivity contribution in [3.05, 3.63) is 70.4 Å². The zero-order valence-corrected chi connectivity index (χ0v) is 21.2. The second-order valence-electron chi connectivity index (χ2n) is 9.06. The van der Waals surface area contributed by atoms with Gasteiger partial charge in [-0.1, -0.05) is 23.7 Å². The van der Waals surface area contributed by atoms with Crippen molar-refractivity contribution >= 4 is 17.7 Å². The number of nitrogens with zero attached hydrogens (tertiary/aromatic N) is 3. The molecule has 1 amide bonds. The van der Waals surface area contributed by atoms with Crippen molar-refractivity contribution in [1.29, 1.82) is 0 Å². The van der Waals surface area contributed by atoms with E-state index in [0.717, 1.165) is 49.3 Å². The third kappa shape index (κ3) is 6.16. The van der Waals surface area contributed by atoms with Crippen LogP contribution < -0.4 is 4.74 Å². The number of carbonyl (C=O) groups is 1. The minimum atomic E-state index is -0.234. The normalized spacial score (nSPS) is 20.3. The lowest BCUT2D eigenvalue weighted by molar-refractivity contribution is 0.108. The lowest BCUT2D eigenvalue weighted by atomic mass is 9.99. The number of hydrogen-bond acceptors (Lipinski definition) is 6. The fraction of sp³-hybridized carbons (Fsp3) is 0.407. The van der Waals surface area contributed by atoms with Crippen LogP contribution in [0.5, 0.6) is 17.4 Å². The summed E-state index contributed by atoms with van der Waals surface area (Å²) in [5.74, 6) is 1.35. The molecule has 35 heavy (non-hydrogen) atoms. The summed E-state index contributed by atoms with van der Waals surface area (Å²) >= 11 is 6.18. The zero-order chi connectivity index (χ0) is 24.9. The summed E-state index contributed by atoms with van der Waals surface area (Å²) in [5.41, 5.74) is 3.12. The Hall–Kier alpha value is -3.03. The molecule has 8 heteroatoms. The number of aryl methyl sites for hydroxylation is 1. The van der Waals surface area contributed by atoms with Crippen molar-refractivity contribution in [2.45, 2.75) is 52.2 Å². The fourth-order valence-electron chi connectivity index (χ4n) is 4.61. The molecule has 0 aliphatic carbocycles. The van der Waals surface area contributed by atoms with E-state index in [1.54, 1.807) is 24.3 Å². The average molecular weight is 498 g/mol. The van der Waals surface area contributed by atoms with Gasteiger partial charge in [-0.25, -0.2) is 9.78 Å². The summed E-state index contributed by atoms with van der Waals surface area (Å²) in [6, 6.07) is 10.6. The van der Waals surface area contributed by atoms with Gasteiger partial charge >= 0.3 is 6.09 Å². The van der Waals surface area contributed by atoms with Crippen molar-refractivity contribution in [3.63, 3.8) is 0 Å². The Morgan fingerprint density at radius 1 is 1.23 bits per heavy atom. The number of pyridine rings is 1. The monoisotopic (exact) mass is 497 g/mol. The number of aromatic nitrogens is 1. The first-order chi connectivity index (χ1) is 16.8. The smallest absolute Gasteiger partial charge is 0.410 e. The minimum Gasteiger partial charge on any atom is -0.508 e. The third-order valence-electron chi connectivity index (χ3n) is 6.65. The molecule has 7 nitrogen and oxygen atoms in total. The van der Waals surface area contributed by atoms with Crippen molar-refractivity contribution in [3.8, 4) is 17.4 Å². The molecule has 1 unspecified atom stereocenters. The van der Waals surface area contributed by atoms with Gasteiger partial charge in [-0.15, -0.1) is 0 Å². The van der Waals surface area contributed by atoms with Crippen LogP contribution in [0, 0.1) is 6.92 Å². The van der Waals surface area contributed by atoms with Crippen molar-refractivity contribution < 1.29 is 19.4 Å². The molecule has 2 aliphatic heterocycles. The number of phenolic OH excluding ortho intramolecular Hbond substituents is 1. The van der Waals surface area contributed by atoms with Crippen molar-refractivity contribution in [1.82, 2.24) is 14.8 Å². The van der Waals surface area contributed by atoms with Crippen LogP contribution in [-0.4, -0.2) is 57.8 Å². The molecule has 2 fully saturated rings. The van der Waals surface area contributed by atoms with Gasteiger partial charge in [0.25, 0.3) is 0 Å². The number of rotatable bonds is 7. The number of allylic oxidation sites excluding steroid dienone is 3. The number of aromatic hydroxyl groups is 1. The van der Waals surface area contributed by atoms with E-state index in [4.69, 9.17) is 21.1 Å². The number of halogens is 1. The number of piperidine rings is 1. The fourth-order valence-corrected chi connectivity index (χ4v) is 4.78. The van der Waals surface area contributed by atoms with Gasteiger partial charge in [0.05, 0.1) is 6.04 Å². The third-order valence-corrected chi connectivity index (χ3v) is 6.98. The predicted molar refractivity (Wildman–Crippen MR) is 136 cm³/mol. The molecule has 4 rings (SSSR count). The van der Waals surface area contributed by atoms with E-state index in [9.17, 15) is 9.90 Å². The molecular weight excluding hydrogens is 466 g/mol. The van der Waals surface area contributed by atoms with Gasteiger partial charge in [0.15, 0.2) is 0 Å². The van der Waals surface area contributed by atoms with E-state index in [-0.39, 0.29) is 23.9 Å². The maximum absolute atomic E-state index is 12.5. The van der Waals surface area contributed by atoms with Gasteiger partial charge in [0, 0.05) is 42.5 Å². The first-order valence-electron chi connectivity index (χ1n) is 11.9. The van der Waals surface area contributed by atoms with Crippen LogP contribution in [0.2, 0.25) is 0 Å². The van der Waals surface area contributed by atoms with Gasteiger partial charge < -0.3 is 14.6 Å². The van der Waals surface area contributed by atoms with E-state index in [0.29, 0.717) is 23.3 Å². The summed E-state index contributed by atoms with van der Waals surface area (Å²) in [6.45, 7) is 8.85. The highest BCUT2D eigenvalue weighted by atomic mass is 35.5. The van der Waals surface area contributed by atoms with Crippen molar-refractivity contribution in [2.75, 3.05) is 19.7 Å². The molecule has 0 bridgehead atoms. The number of hydrogen-bond donors (Lipinski definition) is 1. The maximum atomic E-state index is 12.5. The molecule has 1 aromatic heterocycles. The minimum absolute atomic E-state index is 0.0691. The number of likely N-dealkylation sites (tertiary alicyclic amines) is 1.